The van der Waals surface area contributed by atoms with Gasteiger partial charge in [0.2, 0.25) is 5.91 Å². The fourth-order valence-corrected chi connectivity index (χ4v) is 3.82. The normalized spacial score (nSPS) is 21.3. The second kappa shape index (κ2) is 5.88. The van der Waals surface area contributed by atoms with E-state index in [0.717, 1.165) is 12.1 Å². The van der Waals surface area contributed by atoms with E-state index in [4.69, 9.17) is 0 Å². The van der Waals surface area contributed by atoms with Gasteiger partial charge in [-0.1, -0.05) is 0 Å². The Labute approximate surface area is 121 Å². The summed E-state index contributed by atoms with van der Waals surface area (Å²) in [4.78, 5) is 11.8. The highest BCUT2D eigenvalue weighted by Gasteiger charge is 2.32. The maximum absolute atomic E-state index is 13.5. The minimum atomic E-state index is -3.15. The molecule has 0 aliphatic carbocycles. The van der Waals surface area contributed by atoms with Gasteiger partial charge in [0.05, 0.1) is 23.1 Å². The smallest absolute Gasteiger partial charge is 0.244 e. The number of amides is 1. The van der Waals surface area contributed by atoms with E-state index >= 15 is 0 Å². The third-order valence-electron chi connectivity index (χ3n) is 3.26. The second-order valence-electron chi connectivity index (χ2n) is 4.90. The van der Waals surface area contributed by atoms with Gasteiger partial charge < -0.3 is 0 Å². The van der Waals surface area contributed by atoms with E-state index in [2.05, 4.69) is 10.5 Å². The van der Waals surface area contributed by atoms with Crippen LogP contribution in [-0.4, -0.2) is 31.5 Å². The van der Waals surface area contributed by atoms with Crippen LogP contribution in [0, 0.1) is 17.6 Å². The molecule has 1 fully saturated rings. The van der Waals surface area contributed by atoms with E-state index in [1.807, 2.05) is 0 Å². The lowest BCUT2D eigenvalue weighted by Gasteiger charge is -2.07. The largest absolute Gasteiger partial charge is 0.273 e. The molecule has 2 rings (SSSR count). The van der Waals surface area contributed by atoms with Crippen LogP contribution in [0.25, 0.3) is 0 Å². The Morgan fingerprint density at radius 2 is 2.10 bits per heavy atom. The zero-order valence-corrected chi connectivity index (χ0v) is 12.1. The predicted octanol–water partition coefficient (Wildman–Crippen LogP) is 1.24. The molecule has 21 heavy (non-hydrogen) atoms. The molecule has 0 bridgehead atoms. The van der Waals surface area contributed by atoms with Crippen LogP contribution in [0.3, 0.4) is 0 Å². The number of hydrogen-bond acceptors (Lipinski definition) is 4. The third kappa shape index (κ3) is 3.84. The highest BCUT2D eigenvalue weighted by molar-refractivity contribution is 7.91. The van der Waals surface area contributed by atoms with Crippen molar-refractivity contribution in [3.63, 3.8) is 0 Å². The van der Waals surface area contributed by atoms with E-state index < -0.39 is 33.3 Å². The van der Waals surface area contributed by atoms with Gasteiger partial charge in [0.1, 0.15) is 11.6 Å². The van der Waals surface area contributed by atoms with Gasteiger partial charge in [-0.05, 0) is 25.5 Å². The maximum Gasteiger partial charge on any atom is 0.244 e. The first-order chi connectivity index (χ1) is 9.78. The molecule has 0 saturated carbocycles. The van der Waals surface area contributed by atoms with Crippen molar-refractivity contribution in [2.45, 2.75) is 13.3 Å². The lowest BCUT2D eigenvalue weighted by molar-refractivity contribution is -0.124. The Balaban J connectivity index is 2.05. The molecule has 8 heteroatoms. The van der Waals surface area contributed by atoms with Gasteiger partial charge in [-0.25, -0.2) is 22.6 Å². The lowest BCUT2D eigenvalue weighted by atomic mass is 10.1. The van der Waals surface area contributed by atoms with Crippen molar-refractivity contribution >= 4 is 21.5 Å². The Morgan fingerprint density at radius 3 is 2.67 bits per heavy atom. The number of benzene rings is 1. The summed E-state index contributed by atoms with van der Waals surface area (Å²) >= 11 is 0. The molecule has 1 heterocycles. The fraction of sp³-hybridized carbons (Fsp3) is 0.385. The number of carbonyl (C=O) groups excluding carboxylic acids is 1. The summed E-state index contributed by atoms with van der Waals surface area (Å²) in [6, 6.07) is 3.03. The van der Waals surface area contributed by atoms with Gasteiger partial charge in [-0.15, -0.1) is 0 Å². The molecule has 1 N–H and O–H groups in total. The summed E-state index contributed by atoms with van der Waals surface area (Å²) in [6.07, 6.45) is 0.258. The van der Waals surface area contributed by atoms with Gasteiger partial charge in [0.25, 0.3) is 0 Å². The van der Waals surface area contributed by atoms with Crippen LogP contribution in [0.1, 0.15) is 18.9 Å². The van der Waals surface area contributed by atoms with Crippen molar-refractivity contribution in [2.75, 3.05) is 11.5 Å². The summed E-state index contributed by atoms with van der Waals surface area (Å²) < 4.78 is 48.9. The van der Waals surface area contributed by atoms with E-state index in [9.17, 15) is 22.0 Å². The number of nitrogens with zero attached hydrogens (tertiary/aromatic N) is 1. The zero-order chi connectivity index (χ0) is 15.6. The Morgan fingerprint density at radius 1 is 1.38 bits per heavy atom. The van der Waals surface area contributed by atoms with Crippen molar-refractivity contribution < 1.29 is 22.0 Å². The van der Waals surface area contributed by atoms with E-state index in [1.165, 1.54) is 13.0 Å². The lowest BCUT2D eigenvalue weighted by Crippen LogP contribution is -2.28. The van der Waals surface area contributed by atoms with Crippen LogP contribution < -0.4 is 5.43 Å². The average Bonchev–Trinajstić information content (AvgIpc) is 2.76. The average molecular weight is 316 g/mol. The molecule has 1 amide bonds. The Hall–Kier alpha value is -1.83. The maximum atomic E-state index is 13.5. The van der Waals surface area contributed by atoms with Crippen LogP contribution in [0.15, 0.2) is 23.3 Å². The predicted molar refractivity (Wildman–Crippen MR) is 73.5 cm³/mol. The van der Waals surface area contributed by atoms with Crippen molar-refractivity contribution in [2.24, 2.45) is 11.0 Å². The van der Waals surface area contributed by atoms with Crippen molar-refractivity contribution in [3.05, 3.63) is 35.4 Å². The molecular weight excluding hydrogens is 302 g/mol. The molecule has 0 radical (unpaired) electrons. The van der Waals surface area contributed by atoms with Crippen molar-refractivity contribution in [1.29, 1.82) is 0 Å². The molecule has 114 valence electrons. The highest BCUT2D eigenvalue weighted by Crippen LogP contribution is 2.18. The minimum absolute atomic E-state index is 0.0135. The first-order valence-corrected chi connectivity index (χ1v) is 8.10. The topological polar surface area (TPSA) is 75.6 Å². The SMILES string of the molecule is C/C(=N/NC(=O)[C@@H]1CCS(=O)(=O)C1)c1ccc(F)cc1F. The monoisotopic (exact) mass is 316 g/mol. The van der Waals surface area contributed by atoms with Gasteiger partial charge in [0, 0.05) is 11.6 Å². The molecule has 1 aliphatic rings. The molecule has 1 atom stereocenters. The first-order valence-electron chi connectivity index (χ1n) is 6.28. The van der Waals surface area contributed by atoms with Crippen LogP contribution in [0.5, 0.6) is 0 Å². The zero-order valence-electron chi connectivity index (χ0n) is 11.3. The van der Waals surface area contributed by atoms with Gasteiger partial charge >= 0.3 is 0 Å². The first kappa shape index (κ1) is 15.6. The summed E-state index contributed by atoms with van der Waals surface area (Å²) in [5.41, 5.74) is 2.46. The molecule has 0 unspecified atom stereocenters. The van der Waals surface area contributed by atoms with Gasteiger partial charge in [0.15, 0.2) is 9.84 Å². The molecule has 0 spiro atoms. The van der Waals surface area contributed by atoms with Crippen molar-refractivity contribution in [3.8, 4) is 0 Å². The standard InChI is InChI=1S/C13H14F2N2O3S/c1-8(11-3-2-10(14)6-12(11)15)16-17-13(18)9-4-5-21(19,20)7-9/h2-3,6,9H,4-5,7H2,1H3,(H,17,18)/b16-8-/t9-/m1/s1. The van der Waals surface area contributed by atoms with Gasteiger partial charge in [-0.3, -0.25) is 4.79 Å². The second-order valence-corrected chi connectivity index (χ2v) is 7.13. The van der Waals surface area contributed by atoms with E-state index in [0.29, 0.717) is 0 Å². The van der Waals surface area contributed by atoms with Crippen LogP contribution in [0.2, 0.25) is 0 Å². The number of halogens is 2. The summed E-state index contributed by atoms with van der Waals surface area (Å²) in [5.74, 6) is -2.85. The van der Waals surface area contributed by atoms with Crippen molar-refractivity contribution in [1.82, 2.24) is 5.43 Å². The number of rotatable bonds is 3. The molecule has 0 aromatic heterocycles. The number of hydrazone groups is 1. The molecule has 1 aliphatic heterocycles. The Bertz CT molecular complexity index is 701. The molecule has 1 aromatic rings. The van der Waals surface area contributed by atoms with Crippen LogP contribution in [-0.2, 0) is 14.6 Å². The molecule has 5 nitrogen and oxygen atoms in total. The highest BCUT2D eigenvalue weighted by atomic mass is 32.2. The Kier molecular flexibility index (Phi) is 4.36. The van der Waals surface area contributed by atoms with Crippen LogP contribution in [0.4, 0.5) is 8.78 Å². The number of nitrogens with one attached hydrogen (secondary N) is 1. The summed E-state index contributed by atoms with van der Waals surface area (Å²) in [7, 11) is -3.15. The quantitative estimate of drug-likeness (QED) is 0.673. The summed E-state index contributed by atoms with van der Waals surface area (Å²) in [6.45, 7) is 1.46. The number of carbonyl (C=O) groups is 1. The third-order valence-corrected chi connectivity index (χ3v) is 5.03. The fourth-order valence-electron chi connectivity index (χ4n) is 2.08. The van der Waals surface area contributed by atoms with E-state index in [-0.39, 0.29) is 29.2 Å². The molecule has 1 saturated heterocycles. The summed E-state index contributed by atoms with van der Waals surface area (Å²) in [5, 5.41) is 3.74. The minimum Gasteiger partial charge on any atom is -0.273 e. The van der Waals surface area contributed by atoms with Gasteiger partial charge in [-0.2, -0.15) is 5.10 Å². The number of hydrogen-bond donors (Lipinski definition) is 1. The molecule has 1 aromatic carbocycles. The number of sulfone groups is 1. The van der Waals surface area contributed by atoms with E-state index in [1.54, 1.807) is 0 Å². The van der Waals surface area contributed by atoms with Crippen LogP contribution >= 0.6 is 0 Å². The molecular formula is C13H14F2N2O3S.